The highest BCUT2D eigenvalue weighted by Crippen LogP contribution is 2.41. The Kier molecular flexibility index (Phi) is 5.23. The van der Waals surface area contributed by atoms with Gasteiger partial charge in [0.25, 0.3) is 0 Å². The molecule has 2 unspecified atom stereocenters. The molecule has 1 fully saturated rings. The minimum atomic E-state index is 0.382. The second-order valence-electron chi connectivity index (χ2n) is 5.32. The van der Waals surface area contributed by atoms with Crippen molar-refractivity contribution in [2.75, 3.05) is 20.3 Å². The molecule has 1 saturated carbocycles. The molecule has 1 aliphatic carbocycles. The van der Waals surface area contributed by atoms with E-state index in [0.717, 1.165) is 24.9 Å². The average Bonchev–Trinajstić information content (AvgIpc) is 3.27. The Morgan fingerprint density at radius 1 is 1.26 bits per heavy atom. The van der Waals surface area contributed by atoms with Crippen LogP contribution in [0.2, 0.25) is 0 Å². The van der Waals surface area contributed by atoms with E-state index >= 15 is 0 Å². The lowest BCUT2D eigenvalue weighted by molar-refractivity contribution is 0.122. The van der Waals surface area contributed by atoms with Crippen molar-refractivity contribution in [3.05, 3.63) is 29.8 Å². The largest absolute Gasteiger partial charge is 0.497 e. The number of hydrogen-bond acceptors (Lipinski definition) is 3. The zero-order valence-electron chi connectivity index (χ0n) is 12.2. The van der Waals surface area contributed by atoms with E-state index in [9.17, 15) is 0 Å². The molecular weight excluding hydrogens is 238 g/mol. The first-order valence-electron chi connectivity index (χ1n) is 7.22. The van der Waals surface area contributed by atoms with Gasteiger partial charge in [-0.15, -0.1) is 0 Å². The summed E-state index contributed by atoms with van der Waals surface area (Å²) < 4.78 is 10.7. The Hall–Kier alpha value is -1.06. The monoisotopic (exact) mass is 263 g/mol. The van der Waals surface area contributed by atoms with E-state index in [-0.39, 0.29) is 0 Å². The van der Waals surface area contributed by atoms with Gasteiger partial charge < -0.3 is 14.8 Å². The molecule has 3 heteroatoms. The van der Waals surface area contributed by atoms with E-state index in [1.54, 1.807) is 7.11 Å². The normalized spacial score (nSPS) is 18.1. The summed E-state index contributed by atoms with van der Waals surface area (Å²) >= 11 is 0. The lowest BCUT2D eigenvalue weighted by Crippen LogP contribution is -2.35. The number of nitrogens with one attached hydrogen (secondary N) is 1. The molecule has 0 radical (unpaired) electrons. The van der Waals surface area contributed by atoms with Crippen LogP contribution in [-0.4, -0.2) is 26.4 Å². The van der Waals surface area contributed by atoms with Crippen LogP contribution < -0.4 is 10.1 Å². The summed E-state index contributed by atoms with van der Waals surface area (Å²) in [6.07, 6.45) is 2.65. The maximum Gasteiger partial charge on any atom is 0.118 e. The van der Waals surface area contributed by atoms with Crippen molar-refractivity contribution < 1.29 is 9.47 Å². The molecule has 1 aromatic rings. The van der Waals surface area contributed by atoms with E-state index < -0.39 is 0 Å². The lowest BCUT2D eigenvalue weighted by Gasteiger charge is -2.24. The topological polar surface area (TPSA) is 30.5 Å². The van der Waals surface area contributed by atoms with E-state index in [1.165, 1.54) is 18.4 Å². The summed E-state index contributed by atoms with van der Waals surface area (Å²) in [4.78, 5) is 0. The zero-order valence-corrected chi connectivity index (χ0v) is 12.2. The minimum absolute atomic E-state index is 0.382. The molecular formula is C16H25NO2. The molecule has 106 valence electrons. The second kappa shape index (κ2) is 6.92. The summed E-state index contributed by atoms with van der Waals surface area (Å²) in [6, 6.07) is 9.25. The van der Waals surface area contributed by atoms with E-state index in [1.807, 2.05) is 19.1 Å². The predicted molar refractivity (Wildman–Crippen MR) is 77.5 cm³/mol. The number of ether oxygens (including phenoxy) is 2. The highest BCUT2D eigenvalue weighted by Gasteiger charge is 2.32. The fourth-order valence-corrected chi connectivity index (χ4v) is 2.39. The average molecular weight is 263 g/mol. The Bertz CT molecular complexity index is 373. The Morgan fingerprint density at radius 2 is 1.95 bits per heavy atom. The van der Waals surface area contributed by atoms with Gasteiger partial charge in [-0.05, 0) is 50.3 Å². The van der Waals surface area contributed by atoms with Crippen molar-refractivity contribution in [1.82, 2.24) is 5.32 Å². The Morgan fingerprint density at radius 3 is 2.47 bits per heavy atom. The summed E-state index contributed by atoms with van der Waals surface area (Å²) in [5.74, 6) is 1.69. The van der Waals surface area contributed by atoms with Crippen LogP contribution in [0.4, 0.5) is 0 Å². The van der Waals surface area contributed by atoms with Gasteiger partial charge in [-0.1, -0.05) is 12.1 Å². The highest BCUT2D eigenvalue weighted by atomic mass is 16.5. The van der Waals surface area contributed by atoms with Gasteiger partial charge in [-0.2, -0.15) is 0 Å². The molecule has 2 rings (SSSR count). The van der Waals surface area contributed by atoms with Crippen LogP contribution in [0, 0.1) is 5.92 Å². The van der Waals surface area contributed by atoms with E-state index in [0.29, 0.717) is 12.1 Å². The van der Waals surface area contributed by atoms with Crippen LogP contribution in [0.25, 0.3) is 0 Å². The smallest absolute Gasteiger partial charge is 0.118 e. The molecule has 1 aliphatic rings. The Labute approximate surface area is 116 Å². The van der Waals surface area contributed by atoms with Crippen molar-refractivity contribution in [2.45, 2.75) is 38.8 Å². The number of methoxy groups -OCH3 is 1. The predicted octanol–water partition coefficient (Wildman–Crippen LogP) is 3.16. The summed E-state index contributed by atoms with van der Waals surface area (Å²) in [7, 11) is 1.70. The number of benzene rings is 1. The van der Waals surface area contributed by atoms with Gasteiger partial charge in [0, 0.05) is 18.7 Å². The van der Waals surface area contributed by atoms with Crippen molar-refractivity contribution >= 4 is 0 Å². The first kappa shape index (κ1) is 14.4. The van der Waals surface area contributed by atoms with Gasteiger partial charge >= 0.3 is 0 Å². The molecule has 0 aliphatic heterocycles. The maximum atomic E-state index is 5.49. The number of hydrogen-bond donors (Lipinski definition) is 1. The van der Waals surface area contributed by atoms with Crippen molar-refractivity contribution in [2.24, 2.45) is 5.92 Å². The summed E-state index contributed by atoms with van der Waals surface area (Å²) in [5, 5.41) is 3.70. The molecule has 0 aromatic heterocycles. The van der Waals surface area contributed by atoms with Gasteiger partial charge in [-0.25, -0.2) is 0 Å². The van der Waals surface area contributed by atoms with Gasteiger partial charge in [0.1, 0.15) is 5.75 Å². The Balaban J connectivity index is 1.98. The molecule has 1 N–H and O–H groups in total. The third-order valence-corrected chi connectivity index (χ3v) is 3.60. The molecule has 0 heterocycles. The van der Waals surface area contributed by atoms with Crippen molar-refractivity contribution in [1.29, 1.82) is 0 Å². The molecule has 2 atom stereocenters. The van der Waals surface area contributed by atoms with Crippen LogP contribution in [0.1, 0.15) is 38.3 Å². The minimum Gasteiger partial charge on any atom is -0.497 e. The molecule has 0 bridgehead atoms. The quantitative estimate of drug-likeness (QED) is 0.781. The van der Waals surface area contributed by atoms with Crippen LogP contribution >= 0.6 is 0 Å². The molecule has 19 heavy (non-hydrogen) atoms. The third-order valence-electron chi connectivity index (χ3n) is 3.60. The number of rotatable bonds is 8. The lowest BCUT2D eigenvalue weighted by atomic mass is 10.0. The van der Waals surface area contributed by atoms with E-state index in [4.69, 9.17) is 9.47 Å². The van der Waals surface area contributed by atoms with Crippen LogP contribution in [0.15, 0.2) is 24.3 Å². The third kappa shape index (κ3) is 4.22. The zero-order chi connectivity index (χ0) is 13.7. The SMILES string of the molecule is CCOCC(C)NC(c1ccc(OC)cc1)C1CC1. The maximum absolute atomic E-state index is 5.49. The molecule has 0 amide bonds. The first-order chi connectivity index (χ1) is 9.24. The van der Waals surface area contributed by atoms with Crippen molar-refractivity contribution in [3.8, 4) is 5.75 Å². The molecule has 0 spiro atoms. The molecule has 1 aromatic carbocycles. The van der Waals surface area contributed by atoms with Crippen LogP contribution in [0.5, 0.6) is 5.75 Å². The van der Waals surface area contributed by atoms with E-state index in [2.05, 4.69) is 24.4 Å². The highest BCUT2D eigenvalue weighted by molar-refractivity contribution is 5.30. The van der Waals surface area contributed by atoms with Gasteiger partial charge in [0.2, 0.25) is 0 Å². The van der Waals surface area contributed by atoms with Crippen LogP contribution in [-0.2, 0) is 4.74 Å². The molecule has 0 saturated heterocycles. The van der Waals surface area contributed by atoms with Gasteiger partial charge in [0.05, 0.1) is 13.7 Å². The summed E-state index contributed by atoms with van der Waals surface area (Å²) in [5.41, 5.74) is 1.35. The fraction of sp³-hybridized carbons (Fsp3) is 0.625. The standard InChI is InChI=1S/C16H25NO2/c1-4-19-11-12(2)17-16(13-5-6-13)14-7-9-15(18-3)10-8-14/h7-10,12-13,16-17H,4-6,11H2,1-3H3. The van der Waals surface area contributed by atoms with Gasteiger partial charge in [0.15, 0.2) is 0 Å². The van der Waals surface area contributed by atoms with Crippen molar-refractivity contribution in [3.63, 3.8) is 0 Å². The van der Waals surface area contributed by atoms with Gasteiger partial charge in [-0.3, -0.25) is 0 Å². The fourth-order valence-electron chi connectivity index (χ4n) is 2.39. The molecule has 3 nitrogen and oxygen atoms in total. The summed E-state index contributed by atoms with van der Waals surface area (Å²) in [6.45, 7) is 5.78. The van der Waals surface area contributed by atoms with Crippen LogP contribution in [0.3, 0.4) is 0 Å². The first-order valence-corrected chi connectivity index (χ1v) is 7.22. The second-order valence-corrected chi connectivity index (χ2v) is 5.32.